The molecule has 0 spiro atoms. The first-order valence-corrected chi connectivity index (χ1v) is 4.87. The molecule has 0 atom stereocenters. The number of nitrogens with zero attached hydrogens (tertiary/aromatic N) is 2. The molecule has 0 unspecified atom stereocenters. The molecule has 0 amide bonds. The normalized spacial score (nSPS) is 9.38. The molecule has 1 N–H and O–H groups in total. The molecule has 2 rings (SSSR count). The number of nitrogens with one attached hydrogen (secondary N) is 1. The van der Waals surface area contributed by atoms with Gasteiger partial charge in [0.15, 0.2) is 0 Å². The van der Waals surface area contributed by atoms with E-state index in [-0.39, 0.29) is 19.5 Å². The van der Waals surface area contributed by atoms with Crippen LogP contribution >= 0.6 is 0 Å². The molecule has 78 valence electrons. The fourth-order valence-electron chi connectivity index (χ4n) is 1.38. The molecule has 0 bridgehead atoms. The molecule has 0 saturated carbocycles. The smallest absolute Gasteiger partial charge is 0.0607 e. The predicted octanol–water partition coefficient (Wildman–Crippen LogP) is 2.83. The van der Waals surface area contributed by atoms with Gasteiger partial charge < -0.3 is 5.32 Å². The van der Waals surface area contributed by atoms with Gasteiger partial charge in [-0.25, -0.2) is 0 Å². The van der Waals surface area contributed by atoms with Gasteiger partial charge in [-0.2, -0.15) is 0 Å². The van der Waals surface area contributed by atoms with Crippen molar-refractivity contribution in [1.82, 2.24) is 9.97 Å². The summed E-state index contributed by atoms with van der Waals surface area (Å²) in [6.07, 6.45) is 3.58. The van der Waals surface area contributed by atoms with E-state index in [1.807, 2.05) is 38.1 Å². The van der Waals surface area contributed by atoms with Gasteiger partial charge in [0.1, 0.15) is 0 Å². The van der Waals surface area contributed by atoms with Crippen LogP contribution in [0.4, 0.5) is 11.4 Å². The van der Waals surface area contributed by atoms with Crippen LogP contribution in [0.2, 0.25) is 0 Å². The summed E-state index contributed by atoms with van der Waals surface area (Å²) in [7, 11) is 0. The van der Waals surface area contributed by atoms with Gasteiger partial charge in [-0.15, -0.1) is 0 Å². The van der Waals surface area contributed by atoms with Gasteiger partial charge in [-0.05, 0) is 38.1 Å². The third-order valence-electron chi connectivity index (χ3n) is 2.28. The zero-order valence-corrected chi connectivity index (χ0v) is 12.5. The molecule has 0 aromatic carbocycles. The minimum absolute atomic E-state index is 0. The first-order chi connectivity index (χ1) is 7.27. The van der Waals surface area contributed by atoms with Crippen LogP contribution in [0.5, 0.6) is 0 Å². The van der Waals surface area contributed by atoms with Gasteiger partial charge in [0, 0.05) is 31.9 Å². The summed E-state index contributed by atoms with van der Waals surface area (Å²) in [5.74, 6) is 0. The van der Waals surface area contributed by atoms with Gasteiger partial charge in [0.2, 0.25) is 0 Å². The number of aryl methyl sites for hydroxylation is 2. The van der Waals surface area contributed by atoms with Crippen LogP contribution in [-0.2, 0) is 19.5 Å². The van der Waals surface area contributed by atoms with Crippen LogP contribution in [0.3, 0.4) is 0 Å². The average Bonchev–Trinajstić information content (AvgIpc) is 2.24. The van der Waals surface area contributed by atoms with Crippen molar-refractivity contribution in [3.63, 3.8) is 0 Å². The molecule has 2 aromatic heterocycles. The van der Waals surface area contributed by atoms with E-state index < -0.39 is 0 Å². The first kappa shape index (κ1) is 12.8. The molecular formula is C12H13N3Zn. The number of anilines is 2. The fraction of sp³-hybridized carbons (Fsp3) is 0.167. The summed E-state index contributed by atoms with van der Waals surface area (Å²) in [5.41, 5.74) is 4.02. The maximum absolute atomic E-state index is 4.22. The maximum atomic E-state index is 4.22. The predicted molar refractivity (Wildman–Crippen MR) is 61.2 cm³/mol. The molecule has 0 fully saturated rings. The summed E-state index contributed by atoms with van der Waals surface area (Å²) in [6.45, 7) is 3.96. The molecule has 0 aliphatic heterocycles. The molecular weight excluding hydrogens is 252 g/mol. The zero-order valence-electron chi connectivity index (χ0n) is 9.57. The van der Waals surface area contributed by atoms with Crippen LogP contribution in [0.1, 0.15) is 11.4 Å². The van der Waals surface area contributed by atoms with E-state index in [0.717, 1.165) is 22.8 Å². The minimum Gasteiger partial charge on any atom is -0.353 e. The van der Waals surface area contributed by atoms with E-state index in [9.17, 15) is 0 Å². The summed E-state index contributed by atoms with van der Waals surface area (Å²) in [5, 5.41) is 3.32. The molecule has 0 saturated heterocycles. The van der Waals surface area contributed by atoms with E-state index in [1.165, 1.54) is 0 Å². The topological polar surface area (TPSA) is 37.8 Å². The quantitative estimate of drug-likeness (QED) is 0.848. The number of aromatic nitrogens is 2. The van der Waals surface area contributed by atoms with E-state index in [4.69, 9.17) is 0 Å². The average molecular weight is 265 g/mol. The molecule has 2 aromatic rings. The largest absolute Gasteiger partial charge is 0.353 e. The Morgan fingerprint density at radius 3 is 1.69 bits per heavy atom. The standard InChI is InChI=1S/C12H13N3.Zn/c1-9-11(5-3-7-13-9)15-12-6-4-8-14-10(12)2;/h3-8,15H,1-2H3;. The summed E-state index contributed by atoms with van der Waals surface area (Å²) < 4.78 is 0. The van der Waals surface area contributed by atoms with Crippen molar-refractivity contribution in [1.29, 1.82) is 0 Å². The van der Waals surface area contributed by atoms with Crippen molar-refractivity contribution in [2.45, 2.75) is 13.8 Å². The Kier molecular flexibility index (Phi) is 4.57. The van der Waals surface area contributed by atoms with Crippen LogP contribution in [0, 0.1) is 13.8 Å². The molecule has 0 radical (unpaired) electrons. The van der Waals surface area contributed by atoms with Crippen molar-refractivity contribution < 1.29 is 19.5 Å². The van der Waals surface area contributed by atoms with Gasteiger partial charge in [-0.3, -0.25) is 9.97 Å². The molecule has 0 aliphatic carbocycles. The first-order valence-electron chi connectivity index (χ1n) is 4.87. The molecule has 4 heteroatoms. The SMILES string of the molecule is Cc1ncccc1Nc1cccnc1C.[Zn]. The van der Waals surface area contributed by atoms with Crippen molar-refractivity contribution in [3.05, 3.63) is 48.0 Å². The van der Waals surface area contributed by atoms with Crippen molar-refractivity contribution >= 4 is 11.4 Å². The van der Waals surface area contributed by atoms with Crippen LogP contribution < -0.4 is 5.32 Å². The van der Waals surface area contributed by atoms with Crippen molar-refractivity contribution in [3.8, 4) is 0 Å². The Morgan fingerprint density at radius 1 is 0.875 bits per heavy atom. The number of rotatable bonds is 2. The van der Waals surface area contributed by atoms with Gasteiger partial charge in [0.25, 0.3) is 0 Å². The van der Waals surface area contributed by atoms with E-state index in [0.29, 0.717) is 0 Å². The van der Waals surface area contributed by atoms with Crippen LogP contribution in [0.25, 0.3) is 0 Å². The number of hydrogen-bond acceptors (Lipinski definition) is 3. The fourth-order valence-corrected chi connectivity index (χ4v) is 1.38. The Labute approximate surface area is 108 Å². The molecule has 2 heterocycles. The molecule has 16 heavy (non-hydrogen) atoms. The maximum Gasteiger partial charge on any atom is 0.0607 e. The Bertz CT molecular complexity index is 428. The van der Waals surface area contributed by atoms with Crippen molar-refractivity contribution in [2.24, 2.45) is 0 Å². The monoisotopic (exact) mass is 263 g/mol. The number of pyridine rings is 2. The third kappa shape index (κ3) is 2.86. The zero-order chi connectivity index (χ0) is 10.7. The molecule has 3 nitrogen and oxygen atoms in total. The van der Waals surface area contributed by atoms with E-state index in [1.54, 1.807) is 12.4 Å². The van der Waals surface area contributed by atoms with Crippen molar-refractivity contribution in [2.75, 3.05) is 5.32 Å². The van der Waals surface area contributed by atoms with Gasteiger partial charge in [0.05, 0.1) is 22.8 Å². The summed E-state index contributed by atoms with van der Waals surface area (Å²) in [4.78, 5) is 8.44. The second kappa shape index (κ2) is 5.71. The van der Waals surface area contributed by atoms with E-state index in [2.05, 4.69) is 15.3 Å². The van der Waals surface area contributed by atoms with Crippen LogP contribution in [0.15, 0.2) is 36.7 Å². The molecule has 0 aliphatic rings. The number of hydrogen-bond donors (Lipinski definition) is 1. The Hall–Kier alpha value is -1.28. The Morgan fingerprint density at radius 2 is 1.31 bits per heavy atom. The van der Waals surface area contributed by atoms with Gasteiger partial charge in [-0.1, -0.05) is 0 Å². The van der Waals surface area contributed by atoms with Gasteiger partial charge >= 0.3 is 0 Å². The summed E-state index contributed by atoms with van der Waals surface area (Å²) >= 11 is 0. The van der Waals surface area contributed by atoms with E-state index >= 15 is 0 Å². The third-order valence-corrected chi connectivity index (χ3v) is 2.28. The minimum atomic E-state index is 0. The second-order valence-corrected chi connectivity index (χ2v) is 3.40. The van der Waals surface area contributed by atoms with Crippen LogP contribution in [-0.4, -0.2) is 9.97 Å². The summed E-state index contributed by atoms with van der Waals surface area (Å²) in [6, 6.07) is 7.85. The Balaban J connectivity index is 0.00000128. The second-order valence-electron chi connectivity index (χ2n) is 3.40.